The van der Waals surface area contributed by atoms with Gasteiger partial charge in [0, 0.05) is 19.6 Å². The van der Waals surface area contributed by atoms with E-state index in [1.54, 1.807) is 24.3 Å². The largest absolute Gasteiger partial charge is 0.492 e. The van der Waals surface area contributed by atoms with Crippen molar-refractivity contribution in [2.75, 3.05) is 26.2 Å². The lowest BCUT2D eigenvalue weighted by atomic mass is 10.2. The van der Waals surface area contributed by atoms with Gasteiger partial charge in [0.25, 0.3) is 0 Å². The molecule has 0 unspecified atom stereocenters. The van der Waals surface area contributed by atoms with Crippen LogP contribution in [0.2, 0.25) is 0 Å². The van der Waals surface area contributed by atoms with Gasteiger partial charge < -0.3 is 14.6 Å². The molecule has 27 heavy (non-hydrogen) atoms. The minimum Gasteiger partial charge on any atom is -0.492 e. The lowest BCUT2D eigenvalue weighted by Gasteiger charge is -2.18. The summed E-state index contributed by atoms with van der Waals surface area (Å²) >= 11 is 0. The number of alkyl halides is 3. The third kappa shape index (κ3) is 5.30. The van der Waals surface area contributed by atoms with Crippen molar-refractivity contribution < 1.29 is 27.8 Å². The first kappa shape index (κ1) is 19.4. The van der Waals surface area contributed by atoms with E-state index in [0.717, 1.165) is 17.8 Å². The lowest BCUT2D eigenvalue weighted by Crippen LogP contribution is -2.29. The van der Waals surface area contributed by atoms with E-state index in [4.69, 9.17) is 14.6 Å². The van der Waals surface area contributed by atoms with E-state index in [1.807, 2.05) is 0 Å². The first-order chi connectivity index (χ1) is 13.0. The summed E-state index contributed by atoms with van der Waals surface area (Å²) in [6, 6.07) is 8.01. The molecule has 1 saturated heterocycles. The first-order valence-corrected chi connectivity index (χ1v) is 8.56. The van der Waals surface area contributed by atoms with E-state index in [9.17, 15) is 13.2 Å². The third-order valence-electron chi connectivity index (χ3n) is 4.28. The Morgan fingerprint density at radius 3 is 2.67 bits per heavy atom. The summed E-state index contributed by atoms with van der Waals surface area (Å²) in [7, 11) is 0. The van der Waals surface area contributed by atoms with Crippen LogP contribution in [0, 0.1) is 0 Å². The average molecular weight is 383 g/mol. The van der Waals surface area contributed by atoms with Crippen LogP contribution in [-0.4, -0.2) is 52.5 Å². The number of hydrogen-bond acceptors (Lipinski definition) is 6. The summed E-state index contributed by atoms with van der Waals surface area (Å²) in [5.74, 6) is 0.227. The first-order valence-electron chi connectivity index (χ1n) is 8.56. The molecule has 6 nitrogen and oxygen atoms in total. The molecule has 0 bridgehead atoms. The van der Waals surface area contributed by atoms with Crippen LogP contribution >= 0.6 is 0 Å². The number of nitrogens with zero attached hydrogens (tertiary/aromatic N) is 3. The molecule has 0 amide bonds. The molecule has 1 aliphatic heterocycles. The van der Waals surface area contributed by atoms with Gasteiger partial charge in [0.05, 0.1) is 12.8 Å². The molecule has 0 aliphatic carbocycles. The zero-order chi connectivity index (χ0) is 19.3. The van der Waals surface area contributed by atoms with E-state index in [2.05, 4.69) is 15.1 Å². The van der Waals surface area contributed by atoms with Crippen molar-refractivity contribution in [3.05, 3.63) is 47.7 Å². The van der Waals surface area contributed by atoms with E-state index < -0.39 is 17.6 Å². The van der Waals surface area contributed by atoms with Crippen molar-refractivity contribution in [2.45, 2.75) is 25.3 Å². The van der Waals surface area contributed by atoms with Gasteiger partial charge >= 0.3 is 6.18 Å². The SMILES string of the molecule is OCc1ccc(OCCN2CC[C@@H](Oc3nnccc3C(F)(F)F)C2)cc1. The summed E-state index contributed by atoms with van der Waals surface area (Å²) in [4.78, 5) is 2.07. The number of benzene rings is 1. The number of hydrogen-bond donors (Lipinski definition) is 1. The maximum Gasteiger partial charge on any atom is 0.421 e. The normalized spacial score (nSPS) is 17.9. The van der Waals surface area contributed by atoms with E-state index in [-0.39, 0.29) is 12.7 Å². The van der Waals surface area contributed by atoms with Crippen LogP contribution in [0.5, 0.6) is 11.6 Å². The Labute approximate surface area is 154 Å². The molecule has 0 radical (unpaired) electrons. The molecule has 1 aromatic carbocycles. The summed E-state index contributed by atoms with van der Waals surface area (Å²) in [5.41, 5.74) is -0.102. The molecule has 0 saturated carbocycles. The molecule has 3 rings (SSSR count). The Kier molecular flexibility index (Phi) is 6.12. The number of halogens is 3. The second-order valence-electron chi connectivity index (χ2n) is 6.23. The Morgan fingerprint density at radius 1 is 1.19 bits per heavy atom. The van der Waals surface area contributed by atoms with E-state index >= 15 is 0 Å². The Balaban J connectivity index is 1.46. The van der Waals surface area contributed by atoms with Crippen LogP contribution in [0.4, 0.5) is 13.2 Å². The maximum absolute atomic E-state index is 13.0. The fourth-order valence-electron chi connectivity index (χ4n) is 2.86. The molecule has 1 aliphatic rings. The standard InChI is InChI=1S/C18H20F3N3O3/c19-18(20,21)16-5-7-22-23-17(16)27-15-6-8-24(11-15)9-10-26-14-3-1-13(12-25)2-4-14/h1-5,7,15,25H,6,8-12H2/t15-/m1/s1. The number of ether oxygens (including phenoxy) is 2. The van der Waals surface area contributed by atoms with Crippen molar-refractivity contribution in [3.63, 3.8) is 0 Å². The highest BCUT2D eigenvalue weighted by Crippen LogP contribution is 2.35. The van der Waals surface area contributed by atoms with Crippen molar-refractivity contribution in [1.82, 2.24) is 15.1 Å². The highest BCUT2D eigenvalue weighted by Gasteiger charge is 2.36. The Hall–Kier alpha value is -2.39. The molecule has 1 fully saturated rings. The highest BCUT2D eigenvalue weighted by atomic mass is 19.4. The third-order valence-corrected chi connectivity index (χ3v) is 4.28. The van der Waals surface area contributed by atoms with Gasteiger partial charge in [-0.2, -0.15) is 18.3 Å². The minimum absolute atomic E-state index is 0.0166. The van der Waals surface area contributed by atoms with Crippen LogP contribution in [0.1, 0.15) is 17.5 Å². The Morgan fingerprint density at radius 2 is 1.96 bits per heavy atom. The van der Waals surface area contributed by atoms with Gasteiger partial charge in [-0.3, -0.25) is 4.90 Å². The van der Waals surface area contributed by atoms with Crippen LogP contribution in [0.25, 0.3) is 0 Å². The second kappa shape index (κ2) is 8.53. The predicted octanol–water partition coefficient (Wildman–Crippen LogP) is 2.52. The fourth-order valence-corrected chi connectivity index (χ4v) is 2.86. The van der Waals surface area contributed by atoms with Crippen molar-refractivity contribution >= 4 is 0 Å². The number of rotatable bonds is 7. The van der Waals surface area contributed by atoms with Crippen LogP contribution in [0.15, 0.2) is 36.5 Å². The monoisotopic (exact) mass is 383 g/mol. The van der Waals surface area contributed by atoms with Gasteiger partial charge in [0.2, 0.25) is 5.88 Å². The maximum atomic E-state index is 13.0. The summed E-state index contributed by atoms with van der Waals surface area (Å²) in [6.45, 7) is 2.27. The number of aliphatic hydroxyl groups excluding tert-OH is 1. The van der Waals surface area contributed by atoms with E-state index in [0.29, 0.717) is 38.4 Å². The van der Waals surface area contributed by atoms with Gasteiger partial charge in [0.1, 0.15) is 24.0 Å². The molecular weight excluding hydrogens is 363 g/mol. The molecule has 2 heterocycles. The topological polar surface area (TPSA) is 67.7 Å². The van der Waals surface area contributed by atoms with Crippen LogP contribution in [-0.2, 0) is 12.8 Å². The van der Waals surface area contributed by atoms with Crippen LogP contribution < -0.4 is 9.47 Å². The zero-order valence-corrected chi connectivity index (χ0v) is 14.5. The van der Waals surface area contributed by atoms with Gasteiger partial charge in [-0.25, -0.2) is 0 Å². The number of aromatic nitrogens is 2. The molecule has 2 aromatic rings. The average Bonchev–Trinajstić information content (AvgIpc) is 3.09. The minimum atomic E-state index is -4.52. The number of aliphatic hydroxyl groups is 1. The van der Waals surface area contributed by atoms with Gasteiger partial charge in [-0.15, -0.1) is 5.10 Å². The quantitative estimate of drug-likeness (QED) is 0.793. The van der Waals surface area contributed by atoms with Crippen molar-refractivity contribution in [2.24, 2.45) is 0 Å². The molecule has 9 heteroatoms. The molecule has 1 aromatic heterocycles. The van der Waals surface area contributed by atoms with Crippen LogP contribution in [0.3, 0.4) is 0 Å². The Bertz CT molecular complexity index is 741. The van der Waals surface area contributed by atoms with Gasteiger partial charge in [0.15, 0.2) is 0 Å². The summed E-state index contributed by atoms with van der Waals surface area (Å²) < 4.78 is 50.1. The van der Waals surface area contributed by atoms with Gasteiger partial charge in [-0.1, -0.05) is 12.1 Å². The summed E-state index contributed by atoms with van der Waals surface area (Å²) in [6.07, 6.45) is -3.28. The highest BCUT2D eigenvalue weighted by molar-refractivity contribution is 5.27. The molecular formula is C18H20F3N3O3. The molecule has 146 valence electrons. The number of likely N-dealkylation sites (tertiary alicyclic amines) is 1. The lowest BCUT2D eigenvalue weighted by molar-refractivity contribution is -0.139. The molecule has 0 spiro atoms. The molecule has 1 atom stereocenters. The van der Waals surface area contributed by atoms with Gasteiger partial charge in [-0.05, 0) is 30.2 Å². The van der Waals surface area contributed by atoms with Crippen molar-refractivity contribution in [3.8, 4) is 11.6 Å². The summed E-state index contributed by atoms with van der Waals surface area (Å²) in [5, 5.41) is 16.0. The smallest absolute Gasteiger partial charge is 0.421 e. The van der Waals surface area contributed by atoms with Crippen molar-refractivity contribution in [1.29, 1.82) is 0 Å². The second-order valence-corrected chi connectivity index (χ2v) is 6.23. The molecule has 1 N–H and O–H groups in total. The fraction of sp³-hybridized carbons (Fsp3) is 0.444. The predicted molar refractivity (Wildman–Crippen MR) is 90.4 cm³/mol. The van der Waals surface area contributed by atoms with E-state index in [1.165, 1.54) is 0 Å². The zero-order valence-electron chi connectivity index (χ0n) is 14.5.